The van der Waals surface area contributed by atoms with Crippen molar-refractivity contribution in [1.29, 1.82) is 0 Å². The molecule has 2 aromatic rings. The third-order valence-corrected chi connectivity index (χ3v) is 7.61. The van der Waals surface area contributed by atoms with Crippen LogP contribution in [0, 0.1) is 6.92 Å². The van der Waals surface area contributed by atoms with Gasteiger partial charge in [0.2, 0.25) is 0 Å². The lowest BCUT2D eigenvalue weighted by atomic mass is 9.85. The number of aryl methyl sites for hydroxylation is 1. The molecule has 7 heteroatoms. The minimum atomic E-state index is -1.21. The minimum absolute atomic E-state index is 0.0258. The van der Waals surface area contributed by atoms with Crippen molar-refractivity contribution in [3.63, 3.8) is 0 Å². The van der Waals surface area contributed by atoms with Gasteiger partial charge in [0, 0.05) is 19.2 Å². The van der Waals surface area contributed by atoms with Gasteiger partial charge in [0.25, 0.3) is 5.56 Å². The summed E-state index contributed by atoms with van der Waals surface area (Å²) in [6.07, 6.45) is 1.82. The zero-order valence-electron chi connectivity index (χ0n) is 17.3. The van der Waals surface area contributed by atoms with Gasteiger partial charge in [-0.1, -0.05) is 6.07 Å². The first-order valence-electron chi connectivity index (χ1n) is 9.94. The zero-order chi connectivity index (χ0) is 20.3. The molecule has 3 atom stereocenters. The third-order valence-electron chi connectivity index (χ3n) is 5.93. The summed E-state index contributed by atoms with van der Waals surface area (Å²) in [6, 6.07) is 3.79. The van der Waals surface area contributed by atoms with Crippen molar-refractivity contribution in [3.8, 4) is 0 Å². The zero-order valence-corrected chi connectivity index (χ0v) is 18.1. The van der Waals surface area contributed by atoms with E-state index in [2.05, 4.69) is 10.8 Å². The number of nitrogens with one attached hydrogen (secondary N) is 1. The van der Waals surface area contributed by atoms with Gasteiger partial charge in [-0.2, -0.15) is 0 Å². The van der Waals surface area contributed by atoms with Crippen LogP contribution in [-0.4, -0.2) is 31.7 Å². The van der Waals surface area contributed by atoms with E-state index in [1.54, 1.807) is 0 Å². The maximum absolute atomic E-state index is 13.3. The van der Waals surface area contributed by atoms with E-state index in [-0.39, 0.29) is 21.8 Å². The van der Waals surface area contributed by atoms with E-state index < -0.39 is 11.0 Å². The van der Waals surface area contributed by atoms with Gasteiger partial charge in [-0.05, 0) is 64.7 Å². The molecule has 3 heterocycles. The standard InChI is InChI=1S/C21H29N3O3S/c1-13-10-15(14(2)23-28(26)20(3,4)5)17-16(11-13)18(25)24-8-6-21(19(24)22-17)7-9-27-12-21/h10-11,14,23H,6-9,12H2,1-5H3/t14-,21?,28-/m1/s1. The number of ether oxygens (including phenoxy) is 1. The molecule has 2 aliphatic heterocycles. The summed E-state index contributed by atoms with van der Waals surface area (Å²) >= 11 is 0. The van der Waals surface area contributed by atoms with Crippen LogP contribution < -0.4 is 10.3 Å². The Kier molecular flexibility index (Phi) is 4.75. The van der Waals surface area contributed by atoms with E-state index in [0.29, 0.717) is 18.5 Å². The van der Waals surface area contributed by atoms with E-state index in [9.17, 15) is 9.00 Å². The second kappa shape index (κ2) is 6.75. The Labute approximate surface area is 168 Å². The molecule has 0 aliphatic carbocycles. The van der Waals surface area contributed by atoms with Crippen molar-refractivity contribution in [3.05, 3.63) is 39.4 Å². The van der Waals surface area contributed by atoms with Crippen LogP contribution in [0.2, 0.25) is 0 Å². The lowest BCUT2D eigenvalue weighted by Gasteiger charge is -2.24. The molecular weight excluding hydrogens is 374 g/mol. The van der Waals surface area contributed by atoms with Gasteiger partial charge in [0.15, 0.2) is 0 Å². The number of rotatable bonds is 3. The molecule has 4 rings (SSSR count). The van der Waals surface area contributed by atoms with Gasteiger partial charge in [-0.25, -0.2) is 13.9 Å². The van der Waals surface area contributed by atoms with E-state index >= 15 is 0 Å². The summed E-state index contributed by atoms with van der Waals surface area (Å²) < 4.78 is 23.0. The van der Waals surface area contributed by atoms with Crippen LogP contribution in [-0.2, 0) is 27.7 Å². The first-order chi connectivity index (χ1) is 13.1. The molecule has 1 fully saturated rings. The number of hydrogen-bond acceptors (Lipinski definition) is 4. The molecule has 6 nitrogen and oxygen atoms in total. The summed E-state index contributed by atoms with van der Waals surface area (Å²) in [5.74, 6) is 0.858. The van der Waals surface area contributed by atoms with Crippen LogP contribution >= 0.6 is 0 Å². The molecule has 1 aromatic carbocycles. The molecule has 0 bridgehead atoms. The van der Waals surface area contributed by atoms with Gasteiger partial charge in [0.1, 0.15) is 5.82 Å². The summed E-state index contributed by atoms with van der Waals surface area (Å²) in [5.41, 5.74) is 2.54. The average Bonchev–Trinajstić information content (AvgIpc) is 3.23. The Hall–Kier alpha value is -1.57. The van der Waals surface area contributed by atoms with Crippen molar-refractivity contribution in [2.75, 3.05) is 13.2 Å². The number of hydrogen-bond donors (Lipinski definition) is 1. The minimum Gasteiger partial charge on any atom is -0.380 e. The molecule has 152 valence electrons. The maximum atomic E-state index is 13.3. The Bertz CT molecular complexity index is 1020. The van der Waals surface area contributed by atoms with Crippen LogP contribution in [0.15, 0.2) is 16.9 Å². The van der Waals surface area contributed by atoms with Crippen LogP contribution in [0.1, 0.15) is 63.5 Å². The van der Waals surface area contributed by atoms with E-state index in [4.69, 9.17) is 9.72 Å². The van der Waals surface area contributed by atoms with Crippen molar-refractivity contribution in [1.82, 2.24) is 14.3 Å². The van der Waals surface area contributed by atoms with Crippen molar-refractivity contribution < 1.29 is 8.95 Å². The van der Waals surface area contributed by atoms with Crippen LogP contribution in [0.5, 0.6) is 0 Å². The first-order valence-corrected chi connectivity index (χ1v) is 11.1. The van der Waals surface area contributed by atoms with Gasteiger partial charge >= 0.3 is 0 Å². The highest BCUT2D eigenvalue weighted by Crippen LogP contribution is 2.40. The average molecular weight is 404 g/mol. The smallest absolute Gasteiger partial charge is 0.261 e. The van der Waals surface area contributed by atoms with Crippen molar-refractivity contribution in [2.24, 2.45) is 0 Å². The second-order valence-corrected chi connectivity index (χ2v) is 11.2. The van der Waals surface area contributed by atoms with Crippen molar-refractivity contribution >= 4 is 21.9 Å². The Morgan fingerprint density at radius 3 is 2.71 bits per heavy atom. The number of fused-ring (bicyclic) bond motifs is 3. The SMILES string of the molecule is Cc1cc([C@@H](C)N[S@](=O)C(C)(C)C)c2nc3n(c(=O)c2c1)CCC31CCOC1. The van der Waals surface area contributed by atoms with Gasteiger partial charge < -0.3 is 4.74 Å². The van der Waals surface area contributed by atoms with E-state index in [0.717, 1.165) is 41.9 Å². The quantitative estimate of drug-likeness (QED) is 0.855. The Morgan fingerprint density at radius 1 is 1.32 bits per heavy atom. The van der Waals surface area contributed by atoms with Gasteiger partial charge in [-0.3, -0.25) is 9.36 Å². The Morgan fingerprint density at radius 2 is 2.07 bits per heavy atom. The van der Waals surface area contributed by atoms with Crippen LogP contribution in [0.4, 0.5) is 0 Å². The van der Waals surface area contributed by atoms with Gasteiger partial charge in [-0.15, -0.1) is 0 Å². The molecule has 1 aromatic heterocycles. The van der Waals surface area contributed by atoms with E-state index in [1.165, 1.54) is 0 Å². The number of benzene rings is 1. The van der Waals surface area contributed by atoms with Crippen LogP contribution in [0.25, 0.3) is 10.9 Å². The lowest BCUT2D eigenvalue weighted by Crippen LogP contribution is -2.35. The summed E-state index contributed by atoms with van der Waals surface area (Å²) in [6.45, 7) is 11.9. The monoisotopic (exact) mass is 403 g/mol. The molecule has 1 saturated heterocycles. The molecule has 0 saturated carbocycles. The second-order valence-electron chi connectivity index (χ2n) is 9.20. The summed E-state index contributed by atoms with van der Waals surface area (Å²) in [7, 11) is -1.21. The molecule has 1 N–H and O–H groups in total. The Balaban J connectivity index is 1.87. The highest BCUT2D eigenvalue weighted by atomic mass is 32.2. The molecule has 0 amide bonds. The first kappa shape index (κ1) is 19.7. The molecule has 0 radical (unpaired) electrons. The van der Waals surface area contributed by atoms with Gasteiger partial charge in [0.05, 0.1) is 38.7 Å². The predicted molar refractivity (Wildman–Crippen MR) is 112 cm³/mol. The topological polar surface area (TPSA) is 73.2 Å². The summed E-state index contributed by atoms with van der Waals surface area (Å²) in [4.78, 5) is 18.3. The highest BCUT2D eigenvalue weighted by molar-refractivity contribution is 7.84. The highest BCUT2D eigenvalue weighted by Gasteiger charge is 2.44. The van der Waals surface area contributed by atoms with Crippen LogP contribution in [0.3, 0.4) is 0 Å². The lowest BCUT2D eigenvalue weighted by molar-refractivity contribution is 0.176. The van der Waals surface area contributed by atoms with E-state index in [1.807, 2.05) is 45.3 Å². The third kappa shape index (κ3) is 3.13. The number of nitrogens with zero attached hydrogens (tertiary/aromatic N) is 2. The fourth-order valence-electron chi connectivity index (χ4n) is 4.26. The molecular formula is C21H29N3O3S. The molecule has 1 spiro atoms. The molecule has 28 heavy (non-hydrogen) atoms. The fraction of sp³-hybridized carbons (Fsp3) is 0.619. The fourth-order valence-corrected chi connectivity index (χ4v) is 5.07. The normalized spacial score (nSPS) is 24.0. The molecule has 1 unspecified atom stereocenters. The van der Waals surface area contributed by atoms with Crippen molar-refractivity contribution in [2.45, 2.75) is 70.2 Å². The predicted octanol–water partition coefficient (Wildman–Crippen LogP) is 2.88. The number of aromatic nitrogens is 2. The molecule has 2 aliphatic rings. The largest absolute Gasteiger partial charge is 0.380 e. The summed E-state index contributed by atoms with van der Waals surface area (Å²) in [5, 5.41) is 0.643. The maximum Gasteiger partial charge on any atom is 0.261 e.